The highest BCUT2D eigenvalue weighted by molar-refractivity contribution is 5.70. The lowest BCUT2D eigenvalue weighted by molar-refractivity contribution is -0.754. The van der Waals surface area contributed by atoms with Gasteiger partial charge in [-0.2, -0.15) is 0 Å². The van der Waals surface area contributed by atoms with Gasteiger partial charge in [-0.1, -0.05) is 18.2 Å². The lowest BCUT2D eigenvalue weighted by Crippen LogP contribution is -2.17. The molecule has 0 aliphatic heterocycles. The van der Waals surface area contributed by atoms with Crippen LogP contribution in [-0.4, -0.2) is 24.3 Å². The molecule has 0 heterocycles. The fourth-order valence-corrected chi connectivity index (χ4v) is 1.99. The lowest BCUT2D eigenvalue weighted by atomic mass is 10.0. The van der Waals surface area contributed by atoms with Crippen molar-refractivity contribution in [3.8, 4) is 0 Å². The van der Waals surface area contributed by atoms with Crippen molar-refractivity contribution in [3.63, 3.8) is 0 Å². The van der Waals surface area contributed by atoms with Crippen molar-refractivity contribution in [2.75, 3.05) is 13.2 Å². The Bertz CT molecular complexity index is 373. The molecule has 0 unspecified atom stereocenters. The number of hydrogen-bond acceptors (Lipinski definition) is 5. The summed E-state index contributed by atoms with van der Waals surface area (Å²) in [5.74, 6) is 0.118. The fourth-order valence-electron chi connectivity index (χ4n) is 1.99. The third kappa shape index (κ3) is 2.39. The van der Waals surface area contributed by atoms with Gasteiger partial charge in [-0.25, -0.2) is 4.79 Å². The van der Waals surface area contributed by atoms with Crippen molar-refractivity contribution >= 4 is 5.97 Å². The van der Waals surface area contributed by atoms with Crippen LogP contribution in [0, 0.1) is 22.0 Å². The van der Waals surface area contributed by atoms with Gasteiger partial charge in [0.2, 0.25) is 0 Å². The number of ether oxygens (including phenoxy) is 1. The van der Waals surface area contributed by atoms with E-state index in [2.05, 4.69) is 23.1 Å². The van der Waals surface area contributed by atoms with Crippen molar-refractivity contribution in [2.45, 2.75) is 6.42 Å². The highest BCUT2D eigenvalue weighted by Gasteiger charge is 2.28. The highest BCUT2D eigenvalue weighted by atomic mass is 17.0. The number of fused-ring (bicyclic) bond motifs is 2. The molecule has 0 saturated carbocycles. The molecule has 0 saturated heterocycles. The van der Waals surface area contributed by atoms with E-state index in [0.717, 1.165) is 12.0 Å². The second-order valence-corrected chi connectivity index (χ2v) is 3.79. The summed E-state index contributed by atoms with van der Waals surface area (Å²) in [6.45, 7) is -0.449. The molecular formula is C10H11NO5. The monoisotopic (exact) mass is 225 g/mol. The summed E-state index contributed by atoms with van der Waals surface area (Å²) in [4.78, 5) is 24.7. The van der Waals surface area contributed by atoms with Crippen molar-refractivity contribution in [1.29, 1.82) is 0 Å². The molecule has 16 heavy (non-hydrogen) atoms. The maximum Gasteiger partial charge on any atom is 0.332 e. The molecule has 0 radical (unpaired) electrons. The van der Waals surface area contributed by atoms with Gasteiger partial charge in [0.25, 0.3) is 5.09 Å². The van der Waals surface area contributed by atoms with E-state index in [4.69, 9.17) is 4.74 Å². The Hall–Kier alpha value is -1.85. The first-order chi connectivity index (χ1) is 7.65. The van der Waals surface area contributed by atoms with Gasteiger partial charge in [0, 0.05) is 5.92 Å². The lowest BCUT2D eigenvalue weighted by Gasteiger charge is -2.10. The molecule has 0 aromatic heterocycles. The van der Waals surface area contributed by atoms with Gasteiger partial charge in [0.05, 0.1) is 0 Å². The second-order valence-electron chi connectivity index (χ2n) is 3.79. The van der Waals surface area contributed by atoms with Crippen molar-refractivity contribution < 1.29 is 19.5 Å². The summed E-state index contributed by atoms with van der Waals surface area (Å²) >= 11 is 0. The van der Waals surface area contributed by atoms with Crippen LogP contribution < -0.4 is 0 Å². The normalized spacial score (nSPS) is 25.4. The molecule has 0 N–H and O–H groups in total. The number of rotatable bonds is 5. The zero-order valence-corrected chi connectivity index (χ0v) is 8.50. The number of carbonyl (C=O) groups excluding carboxylic acids is 1. The topological polar surface area (TPSA) is 78.7 Å². The summed E-state index contributed by atoms with van der Waals surface area (Å²) in [6.07, 6.45) is 7.36. The average Bonchev–Trinajstić information content (AvgIpc) is 2.84. The van der Waals surface area contributed by atoms with Gasteiger partial charge >= 0.3 is 5.97 Å². The zero-order chi connectivity index (χ0) is 11.5. The average molecular weight is 225 g/mol. The van der Waals surface area contributed by atoms with E-state index in [1.54, 1.807) is 0 Å². The molecule has 0 aromatic carbocycles. The van der Waals surface area contributed by atoms with Crippen LogP contribution in [0.2, 0.25) is 0 Å². The molecule has 2 bridgehead atoms. The molecule has 2 aliphatic carbocycles. The van der Waals surface area contributed by atoms with Crippen LogP contribution in [0.1, 0.15) is 6.42 Å². The first kappa shape index (κ1) is 10.7. The molecule has 0 aromatic rings. The number of allylic oxidation sites excluding steroid dienone is 3. The quantitative estimate of drug-likeness (QED) is 0.300. The van der Waals surface area contributed by atoms with E-state index in [0.29, 0.717) is 11.8 Å². The van der Waals surface area contributed by atoms with Crippen LogP contribution in [-0.2, 0) is 14.4 Å². The summed E-state index contributed by atoms with van der Waals surface area (Å²) < 4.78 is 4.86. The first-order valence-electron chi connectivity index (χ1n) is 4.97. The molecule has 0 spiro atoms. The van der Waals surface area contributed by atoms with Gasteiger partial charge in [0.1, 0.15) is 6.61 Å². The minimum Gasteiger partial charge on any atom is -0.460 e. The van der Waals surface area contributed by atoms with E-state index in [-0.39, 0.29) is 6.61 Å². The molecule has 6 heteroatoms. The first-order valence-corrected chi connectivity index (χ1v) is 4.97. The standard InChI is InChI=1S/C10H11NO5/c12-10(6-16-11(13)14)15-5-9-4-7-1-2-8(9)3-7/h1-2,4,7-8H,3,5-6H2/t7-,8+/m0/s1. The van der Waals surface area contributed by atoms with Crippen LogP contribution in [0.25, 0.3) is 0 Å². The summed E-state index contributed by atoms with van der Waals surface area (Å²) in [5, 5.41) is 8.81. The molecule has 0 amide bonds. The predicted octanol–water partition coefficient (Wildman–Crippen LogP) is 0.870. The van der Waals surface area contributed by atoms with Gasteiger partial charge in [-0.05, 0) is 17.9 Å². The molecule has 6 nitrogen and oxygen atoms in total. The van der Waals surface area contributed by atoms with E-state index in [9.17, 15) is 14.9 Å². The highest BCUT2D eigenvalue weighted by Crippen LogP contribution is 2.38. The van der Waals surface area contributed by atoms with E-state index >= 15 is 0 Å². The van der Waals surface area contributed by atoms with Gasteiger partial charge < -0.3 is 9.57 Å². The second kappa shape index (κ2) is 4.34. The third-order valence-corrected chi connectivity index (χ3v) is 2.71. The minimum absolute atomic E-state index is 0.200. The molecule has 2 aliphatic rings. The van der Waals surface area contributed by atoms with Gasteiger partial charge in [0.15, 0.2) is 6.61 Å². The molecular weight excluding hydrogens is 214 g/mol. The van der Waals surface area contributed by atoms with Crippen molar-refractivity contribution in [1.82, 2.24) is 0 Å². The Labute approximate surface area is 91.6 Å². The van der Waals surface area contributed by atoms with Crippen molar-refractivity contribution in [3.05, 3.63) is 33.9 Å². The smallest absolute Gasteiger partial charge is 0.332 e. The van der Waals surface area contributed by atoms with Crippen LogP contribution in [0.5, 0.6) is 0 Å². The predicted molar refractivity (Wildman–Crippen MR) is 52.7 cm³/mol. The number of nitrogens with zero attached hydrogens (tertiary/aromatic N) is 1. The summed E-state index contributed by atoms with van der Waals surface area (Å²) in [5.41, 5.74) is 1.07. The Morgan fingerprint density at radius 1 is 1.56 bits per heavy atom. The Kier molecular flexibility index (Phi) is 2.89. The Balaban J connectivity index is 1.70. The summed E-state index contributed by atoms with van der Waals surface area (Å²) in [6, 6.07) is 0. The largest absolute Gasteiger partial charge is 0.460 e. The minimum atomic E-state index is -1.01. The Morgan fingerprint density at radius 2 is 2.38 bits per heavy atom. The fraction of sp³-hybridized carbons (Fsp3) is 0.500. The third-order valence-electron chi connectivity index (χ3n) is 2.71. The van der Waals surface area contributed by atoms with Crippen LogP contribution in [0.4, 0.5) is 0 Å². The molecule has 0 fully saturated rings. The van der Waals surface area contributed by atoms with E-state index in [1.165, 1.54) is 0 Å². The number of esters is 1. The van der Waals surface area contributed by atoms with Crippen molar-refractivity contribution in [2.24, 2.45) is 11.8 Å². The van der Waals surface area contributed by atoms with Gasteiger partial charge in [-0.3, -0.25) is 0 Å². The maximum atomic E-state index is 11.0. The molecule has 86 valence electrons. The molecule has 2 atom stereocenters. The Morgan fingerprint density at radius 3 is 2.94 bits per heavy atom. The number of carbonyl (C=O) groups is 1. The van der Waals surface area contributed by atoms with Gasteiger partial charge in [-0.15, -0.1) is 10.1 Å². The summed E-state index contributed by atoms with van der Waals surface area (Å²) in [7, 11) is 0. The van der Waals surface area contributed by atoms with Crippen LogP contribution in [0.15, 0.2) is 23.8 Å². The van der Waals surface area contributed by atoms with E-state index < -0.39 is 17.7 Å². The number of hydrogen-bond donors (Lipinski definition) is 0. The maximum absolute atomic E-state index is 11.0. The molecule has 2 rings (SSSR count). The van der Waals surface area contributed by atoms with Crippen LogP contribution >= 0.6 is 0 Å². The van der Waals surface area contributed by atoms with E-state index in [1.807, 2.05) is 0 Å². The zero-order valence-electron chi connectivity index (χ0n) is 8.50. The van der Waals surface area contributed by atoms with Crippen LogP contribution in [0.3, 0.4) is 0 Å². The SMILES string of the molecule is O=C(CO[N+](=O)[O-])OCC1=C[C@H]2C=C[C@@H]1C2.